The summed E-state index contributed by atoms with van der Waals surface area (Å²) in [5, 5.41) is 4.63. The standard InChI is InChI=1S/C12H12ClN3O2/c13-8-3-1-7(2-4-8)11-15-12(18-16-11)9-5-17-6-10(9)14/h1-4,9-10H,5-6,14H2. The fraction of sp³-hybridized carbons (Fsp3) is 0.333. The first-order valence-corrected chi connectivity index (χ1v) is 6.05. The lowest BCUT2D eigenvalue weighted by molar-refractivity contribution is 0.187. The number of hydrogen-bond donors (Lipinski definition) is 1. The lowest BCUT2D eigenvalue weighted by Crippen LogP contribution is -2.26. The molecule has 2 N–H and O–H groups in total. The molecule has 1 aliphatic heterocycles. The summed E-state index contributed by atoms with van der Waals surface area (Å²) in [5.41, 5.74) is 6.77. The quantitative estimate of drug-likeness (QED) is 0.897. The molecule has 0 spiro atoms. The molecule has 2 unspecified atom stereocenters. The Balaban J connectivity index is 1.87. The van der Waals surface area contributed by atoms with E-state index in [2.05, 4.69) is 10.1 Å². The van der Waals surface area contributed by atoms with E-state index in [1.807, 2.05) is 12.1 Å². The summed E-state index contributed by atoms with van der Waals surface area (Å²) in [5.74, 6) is 1.06. The average molecular weight is 266 g/mol. The number of benzene rings is 1. The van der Waals surface area contributed by atoms with Gasteiger partial charge in [-0.15, -0.1) is 0 Å². The lowest BCUT2D eigenvalue weighted by Gasteiger charge is -2.06. The molecule has 1 fully saturated rings. The van der Waals surface area contributed by atoms with Crippen LogP contribution < -0.4 is 5.73 Å². The topological polar surface area (TPSA) is 74.2 Å². The zero-order valence-electron chi connectivity index (χ0n) is 9.54. The molecule has 94 valence electrons. The van der Waals surface area contributed by atoms with E-state index in [4.69, 9.17) is 26.6 Å². The van der Waals surface area contributed by atoms with Crippen LogP contribution in [-0.4, -0.2) is 29.4 Å². The van der Waals surface area contributed by atoms with Crippen LogP contribution in [0.15, 0.2) is 28.8 Å². The van der Waals surface area contributed by atoms with Crippen molar-refractivity contribution in [1.82, 2.24) is 10.1 Å². The number of hydrogen-bond acceptors (Lipinski definition) is 5. The van der Waals surface area contributed by atoms with Crippen molar-refractivity contribution >= 4 is 11.6 Å². The van der Waals surface area contributed by atoms with Crippen LogP contribution in [0.25, 0.3) is 11.4 Å². The summed E-state index contributed by atoms with van der Waals surface area (Å²) in [6, 6.07) is 7.20. The first-order chi connectivity index (χ1) is 8.74. The third-order valence-electron chi connectivity index (χ3n) is 2.99. The number of rotatable bonds is 2. The highest BCUT2D eigenvalue weighted by Gasteiger charge is 2.31. The maximum absolute atomic E-state index is 5.91. The van der Waals surface area contributed by atoms with Gasteiger partial charge < -0.3 is 15.0 Å². The number of ether oxygens (including phenoxy) is 1. The van der Waals surface area contributed by atoms with E-state index >= 15 is 0 Å². The van der Waals surface area contributed by atoms with E-state index < -0.39 is 0 Å². The molecule has 2 atom stereocenters. The number of aromatic nitrogens is 2. The summed E-state index contributed by atoms with van der Waals surface area (Å²) in [6.45, 7) is 1.06. The lowest BCUT2D eigenvalue weighted by atomic mass is 10.1. The van der Waals surface area contributed by atoms with E-state index in [9.17, 15) is 0 Å². The van der Waals surface area contributed by atoms with Crippen molar-refractivity contribution in [2.75, 3.05) is 13.2 Å². The van der Waals surface area contributed by atoms with Crippen LogP contribution in [0.4, 0.5) is 0 Å². The maximum Gasteiger partial charge on any atom is 0.234 e. The zero-order valence-corrected chi connectivity index (χ0v) is 10.3. The second-order valence-electron chi connectivity index (χ2n) is 4.27. The average Bonchev–Trinajstić information content (AvgIpc) is 2.98. The molecule has 5 nitrogen and oxygen atoms in total. The SMILES string of the molecule is NC1COCC1c1nc(-c2ccc(Cl)cc2)no1. The Bertz CT molecular complexity index is 541. The molecule has 0 radical (unpaired) electrons. The maximum atomic E-state index is 5.91. The van der Waals surface area contributed by atoms with Crippen molar-refractivity contribution in [3.8, 4) is 11.4 Å². The highest BCUT2D eigenvalue weighted by atomic mass is 35.5. The Kier molecular flexibility index (Phi) is 3.03. The van der Waals surface area contributed by atoms with Gasteiger partial charge in [-0.25, -0.2) is 0 Å². The predicted octanol–water partition coefficient (Wildman–Crippen LogP) is 1.83. The Labute approximate surface area is 109 Å². The molecule has 0 aliphatic carbocycles. The van der Waals surface area contributed by atoms with Crippen LogP contribution in [0.3, 0.4) is 0 Å². The number of nitrogens with two attached hydrogens (primary N) is 1. The van der Waals surface area contributed by atoms with E-state index in [1.165, 1.54) is 0 Å². The molecule has 6 heteroatoms. The van der Waals surface area contributed by atoms with Gasteiger partial charge >= 0.3 is 0 Å². The molecular formula is C12H12ClN3O2. The van der Waals surface area contributed by atoms with Gasteiger partial charge in [0.2, 0.25) is 11.7 Å². The monoisotopic (exact) mass is 265 g/mol. The highest BCUT2D eigenvalue weighted by Crippen LogP contribution is 2.25. The summed E-state index contributed by atoms with van der Waals surface area (Å²) in [7, 11) is 0. The van der Waals surface area contributed by atoms with E-state index in [0.717, 1.165) is 5.56 Å². The highest BCUT2D eigenvalue weighted by molar-refractivity contribution is 6.30. The van der Waals surface area contributed by atoms with Gasteiger partial charge in [0.05, 0.1) is 19.1 Å². The Morgan fingerprint density at radius 3 is 2.67 bits per heavy atom. The second kappa shape index (κ2) is 4.68. The van der Waals surface area contributed by atoms with Crippen LogP contribution in [-0.2, 0) is 4.74 Å². The van der Waals surface area contributed by atoms with E-state index in [0.29, 0.717) is 30.0 Å². The fourth-order valence-electron chi connectivity index (χ4n) is 1.93. The minimum Gasteiger partial charge on any atom is -0.379 e. The number of halogens is 1. The third-order valence-corrected chi connectivity index (χ3v) is 3.24. The molecule has 1 aromatic carbocycles. The third kappa shape index (κ3) is 2.12. The Morgan fingerprint density at radius 2 is 2.00 bits per heavy atom. The van der Waals surface area contributed by atoms with Crippen molar-refractivity contribution in [3.05, 3.63) is 35.2 Å². The summed E-state index contributed by atoms with van der Waals surface area (Å²) in [6.07, 6.45) is 0. The molecule has 1 aliphatic rings. The first kappa shape index (κ1) is 11.6. The molecule has 1 saturated heterocycles. The first-order valence-electron chi connectivity index (χ1n) is 5.67. The molecular weight excluding hydrogens is 254 g/mol. The molecule has 2 heterocycles. The largest absolute Gasteiger partial charge is 0.379 e. The van der Waals surface area contributed by atoms with Gasteiger partial charge in [-0.1, -0.05) is 16.8 Å². The summed E-state index contributed by atoms with van der Waals surface area (Å²) < 4.78 is 10.5. The van der Waals surface area contributed by atoms with E-state index in [-0.39, 0.29) is 12.0 Å². The Morgan fingerprint density at radius 1 is 1.22 bits per heavy atom. The Hall–Kier alpha value is -1.43. The molecule has 3 rings (SSSR count). The van der Waals surface area contributed by atoms with Crippen molar-refractivity contribution in [2.45, 2.75) is 12.0 Å². The number of nitrogens with zero attached hydrogens (tertiary/aromatic N) is 2. The van der Waals surface area contributed by atoms with Gasteiger partial charge in [0.1, 0.15) is 0 Å². The normalized spacial score (nSPS) is 23.4. The summed E-state index contributed by atoms with van der Waals surface area (Å²) >= 11 is 5.83. The van der Waals surface area contributed by atoms with Crippen LogP contribution in [0.1, 0.15) is 11.8 Å². The van der Waals surface area contributed by atoms with Gasteiger partial charge in [0.15, 0.2) is 0 Å². The van der Waals surface area contributed by atoms with Crippen molar-refractivity contribution in [1.29, 1.82) is 0 Å². The van der Waals surface area contributed by atoms with Crippen molar-refractivity contribution < 1.29 is 9.26 Å². The van der Waals surface area contributed by atoms with Gasteiger partial charge in [-0.2, -0.15) is 4.98 Å². The van der Waals surface area contributed by atoms with Gasteiger partial charge in [0, 0.05) is 16.6 Å². The summed E-state index contributed by atoms with van der Waals surface area (Å²) in [4.78, 5) is 4.36. The molecule has 0 saturated carbocycles. The molecule has 2 aromatic rings. The zero-order chi connectivity index (χ0) is 12.5. The van der Waals surface area contributed by atoms with Gasteiger partial charge in [-0.3, -0.25) is 0 Å². The molecule has 0 amide bonds. The molecule has 0 bridgehead atoms. The second-order valence-corrected chi connectivity index (χ2v) is 4.71. The minimum atomic E-state index is -0.0801. The molecule has 1 aromatic heterocycles. The minimum absolute atomic E-state index is 0.0152. The predicted molar refractivity (Wildman–Crippen MR) is 66.3 cm³/mol. The van der Waals surface area contributed by atoms with E-state index in [1.54, 1.807) is 12.1 Å². The van der Waals surface area contributed by atoms with Gasteiger partial charge in [-0.05, 0) is 24.3 Å². The van der Waals surface area contributed by atoms with Crippen molar-refractivity contribution in [2.24, 2.45) is 5.73 Å². The van der Waals surface area contributed by atoms with Crippen LogP contribution in [0, 0.1) is 0 Å². The van der Waals surface area contributed by atoms with Crippen LogP contribution in [0.2, 0.25) is 5.02 Å². The van der Waals surface area contributed by atoms with Crippen LogP contribution in [0.5, 0.6) is 0 Å². The fourth-order valence-corrected chi connectivity index (χ4v) is 2.05. The van der Waals surface area contributed by atoms with Gasteiger partial charge in [0.25, 0.3) is 0 Å². The van der Waals surface area contributed by atoms with Crippen LogP contribution >= 0.6 is 11.6 Å². The smallest absolute Gasteiger partial charge is 0.234 e. The molecule has 18 heavy (non-hydrogen) atoms. The van der Waals surface area contributed by atoms with Crippen molar-refractivity contribution in [3.63, 3.8) is 0 Å².